The van der Waals surface area contributed by atoms with Crippen LogP contribution in [0.2, 0.25) is 0 Å². The molecule has 0 atom stereocenters. The molecule has 0 radical (unpaired) electrons. The molecule has 0 N–H and O–H groups in total. The number of hydrogen-bond acceptors (Lipinski definition) is 2. The summed E-state index contributed by atoms with van der Waals surface area (Å²) in [5.74, 6) is 2.79. The Morgan fingerprint density at radius 3 is 0.678 bits per heavy atom. The van der Waals surface area contributed by atoms with E-state index < -0.39 is 5.97 Å². The number of carboxylic acid groups (broad SMARTS) is 1. The second-order valence-corrected chi connectivity index (χ2v) is 13.5. The number of carboxylic acids is 1. The van der Waals surface area contributed by atoms with Crippen molar-refractivity contribution in [2.75, 3.05) is 0 Å². The molecule has 7 nitrogen and oxygen atoms in total. The maximum absolute atomic E-state index is 10.1. The van der Waals surface area contributed by atoms with Crippen LogP contribution in [0.5, 0.6) is 0 Å². The summed E-state index contributed by atoms with van der Waals surface area (Å²) >= 11 is 0. The predicted molar refractivity (Wildman–Crippen MR) is 218 cm³/mol. The van der Waals surface area contributed by atoms with Crippen molar-refractivity contribution in [3.63, 3.8) is 0 Å². The van der Waals surface area contributed by atoms with E-state index in [0.717, 1.165) is 91.5 Å². The van der Waals surface area contributed by atoms with Crippen LogP contribution in [0.1, 0.15) is 78.2 Å². The van der Waals surface area contributed by atoms with Crippen LogP contribution >= 0.6 is 0 Å². The number of aromatic carboxylic acids is 1. The quantitative estimate of drug-likeness (QED) is 0.162. The van der Waals surface area contributed by atoms with Crippen LogP contribution in [-0.2, 0) is 26.5 Å². The molecular weight excluding hydrogens is 900 g/mol. The smallest absolute Gasteiger partial charge is 0.0768 e. The van der Waals surface area contributed by atoms with Crippen molar-refractivity contribution >= 4 is 5.97 Å². The third kappa shape index (κ3) is 8.30. The van der Waals surface area contributed by atoms with Crippen LogP contribution in [0.15, 0.2) is 200 Å². The Balaban J connectivity index is 0.000000428. The largest absolute Gasteiger partial charge is 2.00 e. The van der Waals surface area contributed by atoms with Gasteiger partial charge in [-0.05, 0) is 124 Å². The summed E-state index contributed by atoms with van der Waals surface area (Å²) < 4.78 is 0. The molecule has 4 aromatic heterocycles. The summed E-state index contributed by atoms with van der Waals surface area (Å²) in [5, 5.41) is 10.1. The van der Waals surface area contributed by atoms with Crippen molar-refractivity contribution in [3.8, 4) is 0 Å². The number of hydrogen-bond donors (Lipinski definition) is 0. The Bertz CT molecular complexity index is 2290. The number of nitrogens with zero attached hydrogens (tertiary/aromatic N) is 4. The minimum absolute atomic E-state index is 0. The topological polar surface area (TPSA) is 125 Å². The van der Waals surface area contributed by atoms with E-state index in [1.54, 1.807) is 18.2 Å². The van der Waals surface area contributed by atoms with Crippen LogP contribution in [0.25, 0.3) is 0 Å². The third-order valence-electron chi connectivity index (χ3n) is 9.87. The normalized spacial score (nSPS) is 11.8. The molecule has 0 amide bonds. The van der Waals surface area contributed by atoms with E-state index in [-0.39, 0.29) is 32.1 Å². The van der Waals surface area contributed by atoms with E-state index in [4.69, 9.17) is 19.9 Å². The Labute approximate surface area is 357 Å². The van der Waals surface area contributed by atoms with Gasteiger partial charge in [0.2, 0.25) is 0 Å². The number of aromatic nitrogens is 4. The summed E-state index contributed by atoms with van der Waals surface area (Å²) in [7, 11) is 0. The second kappa shape index (κ2) is 18.0. The van der Waals surface area contributed by atoms with Gasteiger partial charge in [0, 0.05) is 142 Å². The van der Waals surface area contributed by atoms with Crippen LogP contribution in [0.4, 0.5) is 0 Å². The summed E-state index contributed by atoms with van der Waals surface area (Å²) in [6, 6.07) is 66.5. The first-order valence-electron chi connectivity index (χ1n) is 18.6. The molecule has 0 fully saturated rings. The molecular formula is C51H33N4O3W-3. The fraction of sp³-hybridized carbons (Fsp3) is 0. The SMILES string of the molecule is O=C([O-])c1ccccc1.[O-2].[W].c1ccc([C+]2c3ccc([n-]3)[C+](c3ccccc3)c3ccc([n-]3)[C+](c3ccccc3)c3ccc([n-]3)[C+](c3ccccc3)c3ccc2[n-]3)cc1. The minimum Gasteiger partial charge on any atom is -2.00 e. The molecule has 8 heteroatoms. The average molecular weight is 934 g/mol. The molecule has 0 spiro atoms. The van der Waals surface area contributed by atoms with Gasteiger partial charge in [-0.15, -0.1) is 0 Å². The fourth-order valence-electron chi connectivity index (χ4n) is 7.26. The third-order valence-corrected chi connectivity index (χ3v) is 9.87. The van der Waals surface area contributed by atoms with Gasteiger partial charge in [-0.1, -0.05) is 30.3 Å². The van der Waals surface area contributed by atoms with Gasteiger partial charge in [0.25, 0.3) is 0 Å². The van der Waals surface area contributed by atoms with Crippen LogP contribution in [-0.4, -0.2) is 5.97 Å². The summed E-state index contributed by atoms with van der Waals surface area (Å²) in [6.07, 6.45) is 0. The van der Waals surface area contributed by atoms with Gasteiger partial charge in [0.1, 0.15) is 0 Å². The van der Waals surface area contributed by atoms with Gasteiger partial charge in [0.15, 0.2) is 0 Å². The van der Waals surface area contributed by atoms with Gasteiger partial charge >= 0.3 is 0 Å². The molecule has 0 saturated carbocycles. The van der Waals surface area contributed by atoms with Crippen molar-refractivity contribution in [1.29, 1.82) is 0 Å². The molecule has 9 aromatic rings. The molecule has 59 heavy (non-hydrogen) atoms. The molecule has 5 aromatic carbocycles. The number of rotatable bonds is 5. The van der Waals surface area contributed by atoms with E-state index in [9.17, 15) is 9.90 Å². The van der Waals surface area contributed by atoms with Gasteiger partial charge in [-0.2, -0.15) is 0 Å². The van der Waals surface area contributed by atoms with E-state index in [1.165, 1.54) is 12.1 Å². The Hall–Kier alpha value is -7.18. The van der Waals surface area contributed by atoms with Crippen molar-refractivity contribution < 1.29 is 36.4 Å². The number of carbonyl (C=O) groups is 1. The van der Waals surface area contributed by atoms with E-state index in [0.29, 0.717) is 0 Å². The fourth-order valence-corrected chi connectivity index (χ4v) is 7.26. The van der Waals surface area contributed by atoms with E-state index >= 15 is 0 Å². The van der Waals surface area contributed by atoms with Crippen LogP contribution in [0, 0.1) is 23.7 Å². The summed E-state index contributed by atoms with van der Waals surface area (Å²) in [4.78, 5) is 31.3. The minimum atomic E-state index is -1.13. The second-order valence-electron chi connectivity index (χ2n) is 13.5. The molecule has 1 aliphatic heterocycles. The Morgan fingerprint density at radius 1 is 0.322 bits per heavy atom. The monoisotopic (exact) mass is 933 g/mol. The van der Waals surface area contributed by atoms with Gasteiger partial charge < -0.3 is 35.3 Å². The van der Waals surface area contributed by atoms with Crippen molar-refractivity contribution in [2.24, 2.45) is 0 Å². The Morgan fingerprint density at radius 2 is 0.508 bits per heavy atom. The van der Waals surface area contributed by atoms with Crippen molar-refractivity contribution in [2.45, 2.75) is 0 Å². The van der Waals surface area contributed by atoms with E-state index in [2.05, 4.69) is 146 Å². The molecule has 0 saturated heterocycles. The zero-order valence-electron chi connectivity index (χ0n) is 31.5. The zero-order valence-corrected chi connectivity index (χ0v) is 34.4. The van der Waals surface area contributed by atoms with Crippen LogP contribution < -0.4 is 25.0 Å². The van der Waals surface area contributed by atoms with Crippen molar-refractivity contribution in [1.82, 2.24) is 19.9 Å². The summed E-state index contributed by atoms with van der Waals surface area (Å²) in [5.41, 5.74) is 11.3. The molecule has 284 valence electrons. The molecule has 5 heterocycles. The summed E-state index contributed by atoms with van der Waals surface area (Å²) in [6.45, 7) is 0. The first-order chi connectivity index (χ1) is 28.1. The average Bonchev–Trinajstić information content (AvgIpc) is 4.11. The number of benzene rings is 5. The standard InChI is InChI=1S/C44H28N4.C7H6O2.O.W/c1-5-13-29(14-6-1)41-33-21-23-35(45-33)42(30-15-7-2-8-16-30)37-25-27-39(47-37)44(32-19-11-4-12-20-32)40-28-26-38(48-40)43(31-17-9-3-10-18-31)36-24-22-34(41)46-36;8-7(9)6-4-2-1-3-5-6;;/h1-28H;1-5H,(H,8,9);;/q;;-2;/p-1. The molecule has 0 unspecified atom stereocenters. The van der Waals surface area contributed by atoms with Crippen LogP contribution in [0.3, 0.4) is 0 Å². The molecule has 0 aliphatic carbocycles. The maximum Gasteiger partial charge on any atom is 0.0768 e. The first kappa shape index (κ1) is 40.0. The molecule has 1 aliphatic rings. The van der Waals surface area contributed by atoms with Crippen molar-refractivity contribution in [3.05, 3.63) is 297 Å². The molecule has 8 bridgehead atoms. The Kier molecular flexibility index (Phi) is 12.2. The number of fused-ring (bicyclic) bond motifs is 8. The van der Waals surface area contributed by atoms with Gasteiger partial charge in [-0.3, -0.25) is 0 Å². The number of carbonyl (C=O) groups excluding carboxylic acids is 1. The molecule has 10 rings (SSSR count). The van der Waals surface area contributed by atoms with E-state index in [1.807, 2.05) is 24.3 Å². The maximum atomic E-state index is 10.1. The predicted octanol–water partition coefficient (Wildman–Crippen LogP) is 7.83. The first-order valence-corrected chi connectivity index (χ1v) is 18.6. The zero-order chi connectivity index (χ0) is 38.6. The van der Waals surface area contributed by atoms with Gasteiger partial charge in [-0.25, -0.2) is 0 Å². The van der Waals surface area contributed by atoms with Gasteiger partial charge in [0.05, 0.1) is 28.2 Å².